The molecule has 0 fully saturated rings. The number of aliphatic carboxylic acids is 1. The molecule has 0 spiro atoms. The van der Waals surface area contributed by atoms with E-state index in [1.54, 1.807) is 18.2 Å². The van der Waals surface area contributed by atoms with Gasteiger partial charge in [0, 0.05) is 24.9 Å². The summed E-state index contributed by atoms with van der Waals surface area (Å²) >= 11 is 0. The van der Waals surface area contributed by atoms with Gasteiger partial charge in [0.1, 0.15) is 11.5 Å². The minimum absolute atomic E-state index is 0.0831. The van der Waals surface area contributed by atoms with Crippen LogP contribution in [-0.4, -0.2) is 27.1 Å². The molecule has 0 aliphatic carbocycles. The summed E-state index contributed by atoms with van der Waals surface area (Å²) in [6.07, 6.45) is 2.24. The van der Waals surface area contributed by atoms with Gasteiger partial charge in [-0.05, 0) is 11.6 Å². The fourth-order valence-corrected chi connectivity index (χ4v) is 1.93. The summed E-state index contributed by atoms with van der Waals surface area (Å²) in [5.74, 6) is -0.286. The van der Waals surface area contributed by atoms with Gasteiger partial charge in [0.2, 0.25) is 0 Å². The quantitative estimate of drug-likeness (QED) is 0.864. The van der Waals surface area contributed by atoms with Crippen molar-refractivity contribution in [3.63, 3.8) is 0 Å². The first-order valence-electron chi connectivity index (χ1n) is 5.87. The molecule has 2 heterocycles. The second kappa shape index (κ2) is 4.69. The Kier molecular flexibility index (Phi) is 2.86. The molecule has 7 heteroatoms. The molecule has 7 nitrogen and oxygen atoms in total. The van der Waals surface area contributed by atoms with Crippen LogP contribution in [0.25, 0.3) is 0 Å². The van der Waals surface area contributed by atoms with E-state index >= 15 is 0 Å². The molecule has 2 aromatic rings. The van der Waals surface area contributed by atoms with Gasteiger partial charge in [0.25, 0.3) is 5.88 Å². The lowest BCUT2D eigenvalue weighted by Gasteiger charge is -2.06. The summed E-state index contributed by atoms with van der Waals surface area (Å²) in [7, 11) is 0. The van der Waals surface area contributed by atoms with Crippen LogP contribution in [0.2, 0.25) is 0 Å². The molecule has 3 rings (SSSR count). The Balaban J connectivity index is 1.85. The molecule has 1 aromatic carbocycles. The van der Waals surface area contributed by atoms with Gasteiger partial charge in [-0.25, -0.2) is 9.78 Å². The third-order valence-electron chi connectivity index (χ3n) is 2.88. The van der Waals surface area contributed by atoms with E-state index in [4.69, 9.17) is 14.6 Å². The van der Waals surface area contributed by atoms with Crippen molar-refractivity contribution < 1.29 is 19.4 Å². The van der Waals surface area contributed by atoms with Gasteiger partial charge < -0.3 is 19.6 Å². The zero-order valence-electron chi connectivity index (χ0n) is 10.2. The maximum absolute atomic E-state index is 11.4. The van der Waals surface area contributed by atoms with E-state index in [0.717, 1.165) is 5.56 Å². The molecule has 1 unspecified atom stereocenters. The summed E-state index contributed by atoms with van der Waals surface area (Å²) in [4.78, 5) is 28.6. The third kappa shape index (κ3) is 2.20. The molecule has 1 aliphatic heterocycles. The summed E-state index contributed by atoms with van der Waals surface area (Å²) < 4.78 is 10.6. The van der Waals surface area contributed by atoms with Crippen molar-refractivity contribution in [1.29, 1.82) is 0 Å². The van der Waals surface area contributed by atoms with Gasteiger partial charge in [0.15, 0.2) is 6.10 Å². The first-order chi connectivity index (χ1) is 9.63. The molecule has 20 heavy (non-hydrogen) atoms. The van der Waals surface area contributed by atoms with Crippen molar-refractivity contribution in [3.8, 4) is 17.4 Å². The highest BCUT2D eigenvalue weighted by Crippen LogP contribution is 2.33. The number of nitrogens with one attached hydrogen (secondary N) is 1. The number of aromatic amines is 1. The number of carboxylic acids is 1. The third-order valence-corrected chi connectivity index (χ3v) is 2.88. The number of carbonyl (C=O) groups is 1. The lowest BCUT2D eigenvalue weighted by Crippen LogP contribution is -2.24. The van der Waals surface area contributed by atoms with Crippen molar-refractivity contribution in [3.05, 3.63) is 46.5 Å². The Hall–Kier alpha value is -2.83. The highest BCUT2D eigenvalue weighted by Gasteiger charge is 2.29. The number of H-pyrrole nitrogens is 1. The maximum Gasteiger partial charge on any atom is 0.345 e. The monoisotopic (exact) mass is 274 g/mol. The van der Waals surface area contributed by atoms with Crippen LogP contribution in [0.15, 0.2) is 35.4 Å². The first-order valence-corrected chi connectivity index (χ1v) is 5.87. The number of carboxylic acid groups (broad SMARTS) is 1. The Morgan fingerprint density at radius 2 is 2.35 bits per heavy atom. The smallest absolute Gasteiger partial charge is 0.345 e. The number of aromatic nitrogens is 2. The summed E-state index contributed by atoms with van der Waals surface area (Å²) in [5, 5.41) is 8.91. The number of nitrogens with zero attached hydrogens (tertiary/aromatic N) is 1. The Morgan fingerprint density at radius 3 is 3.10 bits per heavy atom. The molecule has 0 radical (unpaired) electrons. The van der Waals surface area contributed by atoms with Gasteiger partial charge in [-0.15, -0.1) is 0 Å². The first kappa shape index (κ1) is 12.2. The normalized spacial score (nSPS) is 16.3. The SMILES string of the molecule is O=C(O)C1Cc2ccc(Oc3ncc[nH]c3=O)cc2O1. The van der Waals surface area contributed by atoms with E-state index in [9.17, 15) is 9.59 Å². The minimum atomic E-state index is -1.01. The van der Waals surface area contributed by atoms with Gasteiger partial charge >= 0.3 is 11.5 Å². The van der Waals surface area contributed by atoms with Gasteiger partial charge in [-0.2, -0.15) is 0 Å². The van der Waals surface area contributed by atoms with Crippen molar-refractivity contribution in [1.82, 2.24) is 9.97 Å². The predicted octanol–water partition coefficient (Wildman–Crippen LogP) is 0.950. The maximum atomic E-state index is 11.4. The van der Waals surface area contributed by atoms with Crippen LogP contribution in [-0.2, 0) is 11.2 Å². The van der Waals surface area contributed by atoms with E-state index in [1.807, 2.05) is 0 Å². The fourth-order valence-electron chi connectivity index (χ4n) is 1.93. The van der Waals surface area contributed by atoms with Gasteiger partial charge in [-0.1, -0.05) is 6.07 Å². The molecule has 0 saturated carbocycles. The summed E-state index contributed by atoms with van der Waals surface area (Å²) in [6.45, 7) is 0. The largest absolute Gasteiger partial charge is 0.478 e. The van der Waals surface area contributed by atoms with Crippen LogP contribution in [0.1, 0.15) is 5.56 Å². The van der Waals surface area contributed by atoms with E-state index < -0.39 is 17.6 Å². The van der Waals surface area contributed by atoms with Crippen molar-refractivity contribution in [2.24, 2.45) is 0 Å². The zero-order chi connectivity index (χ0) is 14.1. The number of benzene rings is 1. The molecule has 102 valence electrons. The molecule has 2 N–H and O–H groups in total. The van der Waals surface area contributed by atoms with E-state index in [1.165, 1.54) is 12.4 Å². The van der Waals surface area contributed by atoms with Crippen LogP contribution in [0.4, 0.5) is 0 Å². The van der Waals surface area contributed by atoms with Crippen molar-refractivity contribution >= 4 is 5.97 Å². The zero-order valence-corrected chi connectivity index (χ0v) is 10.2. The number of rotatable bonds is 3. The molecular weight excluding hydrogens is 264 g/mol. The topological polar surface area (TPSA) is 102 Å². The van der Waals surface area contributed by atoms with Crippen LogP contribution >= 0.6 is 0 Å². The second-order valence-electron chi connectivity index (χ2n) is 4.24. The van der Waals surface area contributed by atoms with Crippen molar-refractivity contribution in [2.75, 3.05) is 0 Å². The standard InChI is InChI=1S/C13H10N2O5/c16-11-12(15-4-3-14-11)19-8-2-1-7-5-10(13(17)18)20-9(7)6-8/h1-4,6,10H,5H2,(H,14,16)(H,17,18). The van der Waals surface area contributed by atoms with Gasteiger partial charge in [-0.3, -0.25) is 4.79 Å². The van der Waals surface area contributed by atoms with Crippen LogP contribution in [0.5, 0.6) is 17.4 Å². The number of fused-ring (bicyclic) bond motifs is 1. The highest BCUT2D eigenvalue weighted by atomic mass is 16.5. The molecule has 0 bridgehead atoms. The predicted molar refractivity (Wildman–Crippen MR) is 67.1 cm³/mol. The highest BCUT2D eigenvalue weighted by molar-refractivity contribution is 5.74. The Bertz CT molecular complexity index is 725. The van der Waals surface area contributed by atoms with Crippen LogP contribution in [0, 0.1) is 0 Å². The van der Waals surface area contributed by atoms with Gasteiger partial charge in [0.05, 0.1) is 0 Å². The van der Waals surface area contributed by atoms with Crippen LogP contribution in [0.3, 0.4) is 0 Å². The average Bonchev–Trinajstić information content (AvgIpc) is 2.85. The Morgan fingerprint density at radius 1 is 1.50 bits per heavy atom. The van der Waals surface area contributed by atoms with Crippen LogP contribution < -0.4 is 15.0 Å². The average molecular weight is 274 g/mol. The summed E-state index contributed by atoms with van der Waals surface area (Å²) in [6, 6.07) is 4.90. The molecule has 1 aromatic heterocycles. The molecule has 0 amide bonds. The molecule has 1 aliphatic rings. The van der Waals surface area contributed by atoms with Crippen molar-refractivity contribution in [2.45, 2.75) is 12.5 Å². The molecular formula is C13H10N2O5. The second-order valence-corrected chi connectivity index (χ2v) is 4.24. The minimum Gasteiger partial charge on any atom is -0.478 e. The lowest BCUT2D eigenvalue weighted by atomic mass is 10.1. The summed E-state index contributed by atoms with van der Waals surface area (Å²) in [5.41, 5.74) is 0.344. The number of hydrogen-bond acceptors (Lipinski definition) is 5. The Labute approximate surface area is 112 Å². The number of hydrogen-bond donors (Lipinski definition) is 2. The molecule has 1 atom stereocenters. The van der Waals surface area contributed by atoms with E-state index in [-0.39, 0.29) is 5.88 Å². The van der Waals surface area contributed by atoms with E-state index in [0.29, 0.717) is 17.9 Å². The fraction of sp³-hybridized carbons (Fsp3) is 0.154. The number of ether oxygens (including phenoxy) is 2. The molecule has 0 saturated heterocycles. The van der Waals surface area contributed by atoms with E-state index in [2.05, 4.69) is 9.97 Å². The lowest BCUT2D eigenvalue weighted by molar-refractivity contribution is -0.144.